The SMILES string of the molecule is CNC(CCOCCOCCOC)C(=O)O. The van der Waals surface area contributed by atoms with Crippen LogP contribution in [0.3, 0.4) is 0 Å². The number of methoxy groups -OCH3 is 1. The third-order valence-electron chi connectivity index (χ3n) is 2.00. The van der Waals surface area contributed by atoms with Crippen molar-refractivity contribution in [2.75, 3.05) is 47.2 Å². The fourth-order valence-electron chi connectivity index (χ4n) is 1.06. The number of ether oxygens (including phenoxy) is 3. The van der Waals surface area contributed by atoms with E-state index in [2.05, 4.69) is 5.32 Å². The molecule has 1 unspecified atom stereocenters. The fraction of sp³-hybridized carbons (Fsp3) is 0.900. The van der Waals surface area contributed by atoms with Crippen LogP contribution in [0.15, 0.2) is 0 Å². The van der Waals surface area contributed by atoms with Gasteiger partial charge in [0.05, 0.1) is 26.4 Å². The van der Waals surface area contributed by atoms with Crippen LogP contribution in [0.2, 0.25) is 0 Å². The molecule has 0 saturated heterocycles. The molecule has 0 aliphatic heterocycles. The first-order valence-corrected chi connectivity index (χ1v) is 5.26. The van der Waals surface area contributed by atoms with Gasteiger partial charge in [-0.25, -0.2) is 0 Å². The summed E-state index contributed by atoms with van der Waals surface area (Å²) < 4.78 is 15.2. The normalized spacial score (nSPS) is 12.6. The molecule has 0 aliphatic rings. The van der Waals surface area contributed by atoms with Crippen molar-refractivity contribution in [2.45, 2.75) is 12.5 Å². The molecular formula is C10H21NO5. The van der Waals surface area contributed by atoms with Crippen molar-refractivity contribution in [1.29, 1.82) is 0 Å². The monoisotopic (exact) mass is 235 g/mol. The van der Waals surface area contributed by atoms with Crippen LogP contribution in [0, 0.1) is 0 Å². The Balaban J connectivity index is 3.22. The van der Waals surface area contributed by atoms with E-state index in [4.69, 9.17) is 19.3 Å². The maximum atomic E-state index is 10.6. The van der Waals surface area contributed by atoms with Gasteiger partial charge in [-0.3, -0.25) is 4.79 Å². The van der Waals surface area contributed by atoms with Gasteiger partial charge in [-0.2, -0.15) is 0 Å². The lowest BCUT2D eigenvalue weighted by molar-refractivity contribution is -0.139. The van der Waals surface area contributed by atoms with Crippen LogP contribution in [-0.2, 0) is 19.0 Å². The van der Waals surface area contributed by atoms with Crippen LogP contribution in [0.1, 0.15) is 6.42 Å². The van der Waals surface area contributed by atoms with Crippen LogP contribution in [0.25, 0.3) is 0 Å². The van der Waals surface area contributed by atoms with Gasteiger partial charge in [0.1, 0.15) is 6.04 Å². The zero-order chi connectivity index (χ0) is 12.2. The van der Waals surface area contributed by atoms with Gasteiger partial charge in [-0.05, 0) is 13.5 Å². The molecule has 0 radical (unpaired) electrons. The van der Waals surface area contributed by atoms with Crippen molar-refractivity contribution in [2.24, 2.45) is 0 Å². The van der Waals surface area contributed by atoms with E-state index in [0.717, 1.165) is 0 Å². The van der Waals surface area contributed by atoms with Crippen molar-refractivity contribution in [3.05, 3.63) is 0 Å². The molecule has 0 heterocycles. The van der Waals surface area contributed by atoms with Crippen LogP contribution in [0.4, 0.5) is 0 Å². The molecule has 0 aromatic heterocycles. The molecule has 0 bridgehead atoms. The van der Waals surface area contributed by atoms with Gasteiger partial charge in [0.15, 0.2) is 0 Å². The number of carboxylic acid groups (broad SMARTS) is 1. The van der Waals surface area contributed by atoms with Crippen molar-refractivity contribution in [3.8, 4) is 0 Å². The highest BCUT2D eigenvalue weighted by Crippen LogP contribution is 1.92. The highest BCUT2D eigenvalue weighted by Gasteiger charge is 2.13. The van der Waals surface area contributed by atoms with E-state index in [1.807, 2.05) is 0 Å². The second kappa shape index (κ2) is 10.8. The quantitative estimate of drug-likeness (QED) is 0.480. The Labute approximate surface area is 95.9 Å². The molecule has 0 amide bonds. The predicted octanol–water partition coefficient (Wildman–Crippen LogP) is -0.271. The smallest absolute Gasteiger partial charge is 0.320 e. The lowest BCUT2D eigenvalue weighted by Crippen LogP contribution is -2.34. The van der Waals surface area contributed by atoms with Gasteiger partial charge in [-0.15, -0.1) is 0 Å². The van der Waals surface area contributed by atoms with Crippen molar-refractivity contribution >= 4 is 5.97 Å². The Morgan fingerprint density at radius 2 is 1.75 bits per heavy atom. The van der Waals surface area contributed by atoms with Crippen molar-refractivity contribution in [3.63, 3.8) is 0 Å². The molecule has 0 aromatic rings. The largest absolute Gasteiger partial charge is 0.480 e. The Kier molecular flexibility index (Phi) is 10.3. The number of carboxylic acids is 1. The van der Waals surface area contributed by atoms with Gasteiger partial charge in [-0.1, -0.05) is 0 Å². The second-order valence-electron chi connectivity index (χ2n) is 3.19. The third kappa shape index (κ3) is 8.60. The van der Waals surface area contributed by atoms with Crippen LogP contribution >= 0.6 is 0 Å². The van der Waals surface area contributed by atoms with Gasteiger partial charge in [0.25, 0.3) is 0 Å². The molecule has 0 spiro atoms. The van der Waals surface area contributed by atoms with Gasteiger partial charge >= 0.3 is 5.97 Å². The predicted molar refractivity (Wildman–Crippen MR) is 58.6 cm³/mol. The number of nitrogens with one attached hydrogen (secondary N) is 1. The first-order chi connectivity index (χ1) is 7.72. The van der Waals surface area contributed by atoms with E-state index >= 15 is 0 Å². The Bertz CT molecular complexity index is 177. The zero-order valence-electron chi connectivity index (χ0n) is 9.90. The average molecular weight is 235 g/mol. The molecule has 6 heteroatoms. The number of hydrogen-bond acceptors (Lipinski definition) is 5. The molecule has 2 N–H and O–H groups in total. The maximum Gasteiger partial charge on any atom is 0.320 e. The lowest BCUT2D eigenvalue weighted by Gasteiger charge is -2.11. The Morgan fingerprint density at radius 1 is 1.19 bits per heavy atom. The van der Waals surface area contributed by atoms with Gasteiger partial charge in [0.2, 0.25) is 0 Å². The summed E-state index contributed by atoms with van der Waals surface area (Å²) in [4.78, 5) is 10.6. The standard InChI is InChI=1S/C10H21NO5/c1-11-9(10(12)13)3-4-15-7-8-16-6-5-14-2/h9,11H,3-8H2,1-2H3,(H,12,13). The molecule has 1 atom stereocenters. The number of hydrogen-bond donors (Lipinski definition) is 2. The summed E-state index contributed by atoms with van der Waals surface area (Å²) in [5.74, 6) is -0.859. The number of carbonyl (C=O) groups is 1. The van der Waals surface area contributed by atoms with Gasteiger partial charge < -0.3 is 24.6 Å². The summed E-state index contributed by atoms with van der Waals surface area (Å²) in [7, 11) is 3.23. The van der Waals surface area contributed by atoms with Crippen LogP contribution in [-0.4, -0.2) is 64.3 Å². The minimum Gasteiger partial charge on any atom is -0.480 e. The maximum absolute atomic E-state index is 10.6. The summed E-state index contributed by atoms with van der Waals surface area (Å²) in [6.45, 7) is 2.50. The number of likely N-dealkylation sites (N-methyl/N-ethyl adjacent to an activating group) is 1. The fourth-order valence-corrected chi connectivity index (χ4v) is 1.06. The summed E-state index contributed by atoms with van der Waals surface area (Å²) >= 11 is 0. The first-order valence-electron chi connectivity index (χ1n) is 5.26. The zero-order valence-corrected chi connectivity index (χ0v) is 9.90. The Hall–Kier alpha value is -0.690. The number of aliphatic carboxylic acids is 1. The van der Waals surface area contributed by atoms with E-state index in [-0.39, 0.29) is 0 Å². The molecule has 0 fully saturated rings. The molecule has 96 valence electrons. The number of rotatable bonds is 11. The minimum atomic E-state index is -0.859. The topological polar surface area (TPSA) is 77.0 Å². The third-order valence-corrected chi connectivity index (χ3v) is 2.00. The van der Waals surface area contributed by atoms with E-state index < -0.39 is 12.0 Å². The van der Waals surface area contributed by atoms with E-state index in [1.165, 1.54) is 0 Å². The summed E-state index contributed by atoms with van der Waals surface area (Å²) in [6.07, 6.45) is 0.448. The van der Waals surface area contributed by atoms with Crippen LogP contribution in [0.5, 0.6) is 0 Å². The van der Waals surface area contributed by atoms with Crippen molar-refractivity contribution in [1.82, 2.24) is 5.32 Å². The summed E-state index contributed by atoms with van der Waals surface area (Å²) in [6, 6.07) is -0.547. The molecule has 16 heavy (non-hydrogen) atoms. The average Bonchev–Trinajstić information content (AvgIpc) is 2.26. The van der Waals surface area contributed by atoms with Crippen molar-refractivity contribution < 1.29 is 24.1 Å². The Morgan fingerprint density at radius 3 is 2.25 bits per heavy atom. The van der Waals surface area contributed by atoms with E-state index in [0.29, 0.717) is 39.5 Å². The van der Waals surface area contributed by atoms with E-state index in [9.17, 15) is 4.79 Å². The second-order valence-corrected chi connectivity index (χ2v) is 3.19. The highest BCUT2D eigenvalue weighted by molar-refractivity contribution is 5.73. The highest BCUT2D eigenvalue weighted by atomic mass is 16.5. The molecule has 0 aliphatic carbocycles. The lowest BCUT2D eigenvalue weighted by atomic mass is 10.2. The van der Waals surface area contributed by atoms with Gasteiger partial charge in [0, 0.05) is 13.7 Å². The first kappa shape index (κ1) is 15.3. The van der Waals surface area contributed by atoms with Crippen LogP contribution < -0.4 is 5.32 Å². The summed E-state index contributed by atoms with van der Waals surface area (Å²) in [5, 5.41) is 11.4. The minimum absolute atomic E-state index is 0.408. The molecule has 6 nitrogen and oxygen atoms in total. The molecule has 0 saturated carbocycles. The molecular weight excluding hydrogens is 214 g/mol. The van der Waals surface area contributed by atoms with E-state index in [1.54, 1.807) is 14.2 Å². The molecule has 0 aromatic carbocycles. The molecule has 0 rings (SSSR count). The summed E-state index contributed by atoms with van der Waals surface area (Å²) in [5.41, 5.74) is 0.